The van der Waals surface area contributed by atoms with Crippen LogP contribution in [0.25, 0.3) is 0 Å². The van der Waals surface area contributed by atoms with Crippen molar-refractivity contribution in [2.45, 2.75) is 6.54 Å². The SMILES string of the molecule is O=C(NCc1ccncc1)c1ccnc(C(=O)Nc2ccc(Cl)cc2)c1. The molecular weight excluding hydrogens is 352 g/mol. The third kappa shape index (κ3) is 4.64. The van der Waals surface area contributed by atoms with Crippen LogP contribution >= 0.6 is 11.6 Å². The molecule has 0 aliphatic rings. The van der Waals surface area contributed by atoms with Gasteiger partial charge >= 0.3 is 0 Å². The van der Waals surface area contributed by atoms with Gasteiger partial charge in [0.2, 0.25) is 0 Å². The normalized spacial score (nSPS) is 10.2. The van der Waals surface area contributed by atoms with E-state index in [1.165, 1.54) is 12.3 Å². The second kappa shape index (κ2) is 8.22. The third-order valence-electron chi connectivity index (χ3n) is 3.56. The summed E-state index contributed by atoms with van der Waals surface area (Å²) in [4.78, 5) is 32.6. The van der Waals surface area contributed by atoms with E-state index in [1.54, 1.807) is 42.7 Å². The highest BCUT2D eigenvalue weighted by Crippen LogP contribution is 2.14. The first kappa shape index (κ1) is 17.6. The van der Waals surface area contributed by atoms with Crippen LogP contribution in [0.3, 0.4) is 0 Å². The van der Waals surface area contributed by atoms with Gasteiger partial charge in [0.15, 0.2) is 0 Å². The Kier molecular flexibility index (Phi) is 5.56. The zero-order valence-corrected chi connectivity index (χ0v) is 14.4. The minimum Gasteiger partial charge on any atom is -0.348 e. The maximum absolute atomic E-state index is 12.3. The molecule has 2 heterocycles. The number of anilines is 1. The van der Waals surface area contributed by atoms with Crippen LogP contribution in [-0.2, 0) is 6.54 Å². The maximum atomic E-state index is 12.3. The van der Waals surface area contributed by atoms with Crippen LogP contribution in [0.1, 0.15) is 26.4 Å². The van der Waals surface area contributed by atoms with Crippen molar-refractivity contribution in [3.63, 3.8) is 0 Å². The highest BCUT2D eigenvalue weighted by molar-refractivity contribution is 6.30. The predicted octanol–water partition coefficient (Wildman–Crippen LogP) is 3.31. The molecule has 1 aromatic carbocycles. The molecule has 0 saturated carbocycles. The molecule has 3 rings (SSSR count). The number of carbonyl (C=O) groups excluding carboxylic acids is 2. The molecule has 0 aliphatic carbocycles. The molecule has 130 valence electrons. The molecule has 0 atom stereocenters. The summed E-state index contributed by atoms with van der Waals surface area (Å²) >= 11 is 5.82. The average Bonchev–Trinajstić information content (AvgIpc) is 2.69. The Morgan fingerprint density at radius 3 is 2.38 bits per heavy atom. The first-order valence-corrected chi connectivity index (χ1v) is 8.20. The summed E-state index contributed by atoms with van der Waals surface area (Å²) in [7, 11) is 0. The quantitative estimate of drug-likeness (QED) is 0.725. The Hall–Kier alpha value is -3.25. The lowest BCUT2D eigenvalue weighted by Gasteiger charge is -2.08. The molecule has 26 heavy (non-hydrogen) atoms. The number of nitrogens with zero attached hydrogens (tertiary/aromatic N) is 2. The number of hydrogen-bond acceptors (Lipinski definition) is 4. The van der Waals surface area contributed by atoms with Crippen molar-refractivity contribution in [3.8, 4) is 0 Å². The first-order valence-electron chi connectivity index (χ1n) is 7.82. The summed E-state index contributed by atoms with van der Waals surface area (Å²) in [5.41, 5.74) is 2.03. The standard InChI is InChI=1S/C19H15ClN4O2/c20-15-1-3-16(4-2-15)24-19(26)17-11-14(7-10-22-17)18(25)23-12-13-5-8-21-9-6-13/h1-11H,12H2,(H,23,25)(H,24,26). The molecule has 2 amide bonds. The summed E-state index contributed by atoms with van der Waals surface area (Å²) in [6.07, 6.45) is 4.75. The van der Waals surface area contributed by atoms with Gasteiger partial charge in [0.1, 0.15) is 5.69 Å². The number of amides is 2. The molecule has 0 bridgehead atoms. The van der Waals surface area contributed by atoms with Crippen molar-refractivity contribution in [1.29, 1.82) is 0 Å². The van der Waals surface area contributed by atoms with Gasteiger partial charge in [-0.15, -0.1) is 0 Å². The topological polar surface area (TPSA) is 84.0 Å². The minimum absolute atomic E-state index is 0.150. The number of halogens is 1. The van der Waals surface area contributed by atoms with E-state index in [2.05, 4.69) is 20.6 Å². The molecule has 0 spiro atoms. The molecule has 0 saturated heterocycles. The zero-order chi connectivity index (χ0) is 18.4. The number of benzene rings is 1. The van der Waals surface area contributed by atoms with Crippen molar-refractivity contribution in [2.24, 2.45) is 0 Å². The number of rotatable bonds is 5. The monoisotopic (exact) mass is 366 g/mol. The third-order valence-corrected chi connectivity index (χ3v) is 3.81. The van der Waals surface area contributed by atoms with Crippen LogP contribution in [0.2, 0.25) is 5.02 Å². The Labute approximate surface area is 155 Å². The van der Waals surface area contributed by atoms with Gasteiger partial charge in [-0.05, 0) is 54.1 Å². The van der Waals surface area contributed by atoms with Crippen LogP contribution in [0.4, 0.5) is 5.69 Å². The summed E-state index contributed by atoms with van der Waals surface area (Å²) in [5, 5.41) is 6.08. The van der Waals surface area contributed by atoms with Crippen molar-refractivity contribution < 1.29 is 9.59 Å². The number of aromatic nitrogens is 2. The fourth-order valence-corrected chi connectivity index (χ4v) is 2.34. The highest BCUT2D eigenvalue weighted by atomic mass is 35.5. The lowest BCUT2D eigenvalue weighted by molar-refractivity contribution is 0.0950. The van der Waals surface area contributed by atoms with Gasteiger partial charge in [-0.3, -0.25) is 19.6 Å². The van der Waals surface area contributed by atoms with Crippen molar-refractivity contribution in [1.82, 2.24) is 15.3 Å². The largest absolute Gasteiger partial charge is 0.348 e. The van der Waals surface area contributed by atoms with Crippen LogP contribution in [0.5, 0.6) is 0 Å². The molecule has 7 heteroatoms. The number of nitrogens with one attached hydrogen (secondary N) is 2. The Balaban J connectivity index is 1.66. The molecule has 0 aliphatic heterocycles. The average molecular weight is 367 g/mol. The Morgan fingerprint density at radius 2 is 1.65 bits per heavy atom. The molecule has 0 radical (unpaired) electrons. The van der Waals surface area contributed by atoms with Gasteiger partial charge in [-0.25, -0.2) is 0 Å². The van der Waals surface area contributed by atoms with Gasteiger partial charge < -0.3 is 10.6 Å². The summed E-state index contributed by atoms with van der Waals surface area (Å²) in [6.45, 7) is 0.371. The lowest BCUT2D eigenvalue weighted by atomic mass is 10.2. The van der Waals surface area contributed by atoms with Gasteiger partial charge in [0.05, 0.1) is 0 Å². The summed E-state index contributed by atoms with van der Waals surface area (Å²) in [5.74, 6) is -0.694. The van der Waals surface area contributed by atoms with Crippen LogP contribution in [0.15, 0.2) is 67.1 Å². The van der Waals surface area contributed by atoms with E-state index in [1.807, 2.05) is 12.1 Å². The van der Waals surface area contributed by atoms with Gasteiger partial charge in [-0.1, -0.05) is 11.6 Å². The molecule has 6 nitrogen and oxygen atoms in total. The number of carbonyl (C=O) groups is 2. The van der Waals surface area contributed by atoms with Gasteiger partial charge in [-0.2, -0.15) is 0 Å². The molecular formula is C19H15ClN4O2. The van der Waals surface area contributed by atoms with Crippen LogP contribution < -0.4 is 10.6 Å². The minimum atomic E-state index is -0.406. The predicted molar refractivity (Wildman–Crippen MR) is 99.0 cm³/mol. The molecule has 2 N–H and O–H groups in total. The van der Waals surface area contributed by atoms with Gasteiger partial charge in [0.25, 0.3) is 11.8 Å². The van der Waals surface area contributed by atoms with E-state index in [0.717, 1.165) is 5.56 Å². The van der Waals surface area contributed by atoms with E-state index in [-0.39, 0.29) is 11.6 Å². The second-order valence-electron chi connectivity index (χ2n) is 5.43. The smallest absolute Gasteiger partial charge is 0.274 e. The summed E-state index contributed by atoms with van der Waals surface area (Å²) in [6, 6.07) is 13.4. The van der Waals surface area contributed by atoms with E-state index in [0.29, 0.717) is 22.8 Å². The molecule has 2 aromatic heterocycles. The maximum Gasteiger partial charge on any atom is 0.274 e. The van der Waals surface area contributed by atoms with Crippen molar-refractivity contribution in [3.05, 3.63) is 89.0 Å². The van der Waals surface area contributed by atoms with Crippen LogP contribution in [0, 0.1) is 0 Å². The van der Waals surface area contributed by atoms with E-state index >= 15 is 0 Å². The van der Waals surface area contributed by atoms with E-state index in [4.69, 9.17) is 11.6 Å². The van der Waals surface area contributed by atoms with Gasteiger partial charge in [0, 0.05) is 41.4 Å². The molecule has 0 fully saturated rings. The van der Waals surface area contributed by atoms with Crippen molar-refractivity contribution in [2.75, 3.05) is 5.32 Å². The van der Waals surface area contributed by atoms with Crippen LogP contribution in [-0.4, -0.2) is 21.8 Å². The molecule has 0 unspecified atom stereocenters. The van der Waals surface area contributed by atoms with Crippen molar-refractivity contribution >= 4 is 29.1 Å². The summed E-state index contributed by atoms with van der Waals surface area (Å²) < 4.78 is 0. The fraction of sp³-hybridized carbons (Fsp3) is 0.0526. The second-order valence-corrected chi connectivity index (χ2v) is 5.87. The lowest BCUT2D eigenvalue weighted by Crippen LogP contribution is -2.23. The number of pyridine rings is 2. The van der Waals surface area contributed by atoms with E-state index < -0.39 is 5.91 Å². The zero-order valence-electron chi connectivity index (χ0n) is 13.6. The number of hydrogen-bond donors (Lipinski definition) is 2. The Morgan fingerprint density at radius 1 is 0.923 bits per heavy atom. The fourth-order valence-electron chi connectivity index (χ4n) is 2.21. The Bertz CT molecular complexity index is 914. The highest BCUT2D eigenvalue weighted by Gasteiger charge is 2.12. The first-order chi connectivity index (χ1) is 12.6. The molecule has 3 aromatic rings. The van der Waals surface area contributed by atoms with E-state index in [9.17, 15) is 9.59 Å².